The number of benzene rings is 2. The number of amides is 1. The number of aromatic nitrogens is 2. The molecule has 0 aliphatic rings. The molecule has 0 radical (unpaired) electrons. The van der Waals surface area contributed by atoms with Gasteiger partial charge < -0.3 is 19.2 Å². The zero-order chi connectivity index (χ0) is 23.3. The Labute approximate surface area is 190 Å². The molecule has 0 aliphatic carbocycles. The second-order valence-corrected chi connectivity index (χ2v) is 8.61. The van der Waals surface area contributed by atoms with Crippen molar-refractivity contribution in [2.75, 3.05) is 19.5 Å². The van der Waals surface area contributed by atoms with Crippen molar-refractivity contribution in [1.82, 2.24) is 10.2 Å². The summed E-state index contributed by atoms with van der Waals surface area (Å²) < 4.78 is 16.3. The lowest BCUT2D eigenvalue weighted by Crippen LogP contribution is -2.18. The van der Waals surface area contributed by atoms with Crippen LogP contribution in [0.25, 0.3) is 11.5 Å². The lowest BCUT2D eigenvalue weighted by Gasteiger charge is -2.10. The fourth-order valence-corrected chi connectivity index (χ4v) is 3.51. The van der Waals surface area contributed by atoms with Crippen LogP contribution in [0.1, 0.15) is 31.1 Å². The Morgan fingerprint density at radius 1 is 0.969 bits per heavy atom. The Kier molecular flexibility index (Phi) is 7.53. The largest absolute Gasteiger partial charge is 0.497 e. The van der Waals surface area contributed by atoms with E-state index in [0.717, 1.165) is 0 Å². The van der Waals surface area contributed by atoms with Crippen molar-refractivity contribution >= 4 is 29.1 Å². The van der Waals surface area contributed by atoms with E-state index < -0.39 is 5.25 Å². The molecule has 3 aromatic rings. The lowest BCUT2D eigenvalue weighted by atomic mass is 10.1. The van der Waals surface area contributed by atoms with Gasteiger partial charge in [-0.2, -0.15) is 0 Å². The third-order valence-electron chi connectivity index (χ3n) is 4.61. The molecule has 3 rings (SSSR count). The van der Waals surface area contributed by atoms with Crippen molar-refractivity contribution in [3.05, 3.63) is 48.0 Å². The summed E-state index contributed by atoms with van der Waals surface area (Å²) in [5, 5.41) is 10.8. The molecule has 8 nitrogen and oxygen atoms in total. The molecule has 2 aromatic carbocycles. The van der Waals surface area contributed by atoms with Crippen molar-refractivity contribution < 1.29 is 23.5 Å². The molecule has 1 heterocycles. The Hall–Kier alpha value is -3.33. The Balaban J connectivity index is 1.68. The van der Waals surface area contributed by atoms with E-state index in [4.69, 9.17) is 13.9 Å². The minimum atomic E-state index is -0.445. The van der Waals surface area contributed by atoms with Gasteiger partial charge >= 0.3 is 0 Å². The van der Waals surface area contributed by atoms with Gasteiger partial charge in [0, 0.05) is 28.8 Å². The summed E-state index contributed by atoms with van der Waals surface area (Å²) in [7, 11) is 3.12. The Bertz CT molecular complexity index is 1070. The summed E-state index contributed by atoms with van der Waals surface area (Å²) in [5.41, 5.74) is 1.83. The van der Waals surface area contributed by atoms with E-state index in [9.17, 15) is 9.59 Å². The maximum absolute atomic E-state index is 12.8. The van der Waals surface area contributed by atoms with Crippen LogP contribution in [0.4, 0.5) is 5.69 Å². The SMILES string of the molecule is COc1cc(OC)cc(-c2nnc(SC(C)C(=O)c3ccc(NC(=O)C(C)C)cc3)o2)c1. The molecule has 1 amide bonds. The second kappa shape index (κ2) is 10.3. The van der Waals surface area contributed by atoms with Gasteiger partial charge in [-0.05, 0) is 43.3 Å². The number of carbonyl (C=O) groups excluding carboxylic acids is 2. The standard InChI is InChI=1S/C23H25N3O5S/c1-13(2)21(28)24-17-8-6-15(7-9-17)20(27)14(3)32-23-26-25-22(31-23)16-10-18(29-4)12-19(11-16)30-5/h6-14H,1-5H3,(H,24,28). The van der Waals surface area contributed by atoms with Crippen LogP contribution in [0.3, 0.4) is 0 Å². The van der Waals surface area contributed by atoms with Gasteiger partial charge in [0.05, 0.1) is 19.5 Å². The van der Waals surface area contributed by atoms with E-state index >= 15 is 0 Å². The average Bonchev–Trinajstić information content (AvgIpc) is 3.27. The van der Waals surface area contributed by atoms with Crippen molar-refractivity contribution in [3.8, 4) is 23.0 Å². The van der Waals surface area contributed by atoms with E-state index in [0.29, 0.717) is 34.2 Å². The third kappa shape index (κ3) is 5.67. The number of carbonyl (C=O) groups is 2. The number of methoxy groups -OCH3 is 2. The van der Waals surface area contributed by atoms with Gasteiger partial charge in [-0.3, -0.25) is 9.59 Å². The van der Waals surface area contributed by atoms with Crippen molar-refractivity contribution in [2.45, 2.75) is 31.2 Å². The molecule has 0 spiro atoms. The number of nitrogens with zero attached hydrogens (tertiary/aromatic N) is 2. The van der Waals surface area contributed by atoms with E-state index in [2.05, 4.69) is 15.5 Å². The number of hydrogen-bond donors (Lipinski definition) is 1. The number of hydrogen-bond acceptors (Lipinski definition) is 8. The fraction of sp³-hybridized carbons (Fsp3) is 0.304. The molecule has 9 heteroatoms. The molecule has 0 saturated carbocycles. The van der Waals surface area contributed by atoms with Gasteiger partial charge in [0.2, 0.25) is 11.8 Å². The van der Waals surface area contributed by atoms with E-state index in [1.54, 1.807) is 63.6 Å². The number of nitrogens with one attached hydrogen (secondary N) is 1. The lowest BCUT2D eigenvalue weighted by molar-refractivity contribution is -0.118. The zero-order valence-electron chi connectivity index (χ0n) is 18.5. The van der Waals surface area contributed by atoms with Gasteiger partial charge in [-0.1, -0.05) is 25.6 Å². The summed E-state index contributed by atoms with van der Waals surface area (Å²) in [4.78, 5) is 24.6. The third-order valence-corrected chi connectivity index (χ3v) is 5.55. The molecule has 1 atom stereocenters. The molecular formula is C23H25N3O5S. The molecule has 0 bridgehead atoms. The van der Waals surface area contributed by atoms with Gasteiger partial charge in [0.15, 0.2) is 5.78 Å². The molecule has 168 valence electrons. The minimum Gasteiger partial charge on any atom is -0.497 e. The van der Waals surface area contributed by atoms with Crippen molar-refractivity contribution in [1.29, 1.82) is 0 Å². The van der Waals surface area contributed by atoms with Crippen LogP contribution >= 0.6 is 11.8 Å². The maximum Gasteiger partial charge on any atom is 0.277 e. The number of anilines is 1. The first-order valence-corrected chi connectivity index (χ1v) is 10.9. The first-order chi connectivity index (χ1) is 15.3. The number of thioether (sulfide) groups is 1. The van der Waals surface area contributed by atoms with E-state index in [1.165, 1.54) is 11.8 Å². The molecule has 1 N–H and O–H groups in total. The highest BCUT2D eigenvalue weighted by molar-refractivity contribution is 8.00. The molecule has 0 fully saturated rings. The van der Waals surface area contributed by atoms with E-state index in [-0.39, 0.29) is 22.8 Å². The topological polar surface area (TPSA) is 104 Å². The van der Waals surface area contributed by atoms with Crippen LogP contribution in [0, 0.1) is 5.92 Å². The van der Waals surface area contributed by atoms with Crippen LogP contribution in [0.5, 0.6) is 11.5 Å². The van der Waals surface area contributed by atoms with Crippen LogP contribution in [0.2, 0.25) is 0 Å². The molecule has 0 saturated heterocycles. The second-order valence-electron chi connectivity index (χ2n) is 7.32. The summed E-state index contributed by atoms with van der Waals surface area (Å²) in [6, 6.07) is 12.1. The van der Waals surface area contributed by atoms with Crippen LogP contribution in [0.15, 0.2) is 52.1 Å². The van der Waals surface area contributed by atoms with Crippen LogP contribution in [-0.2, 0) is 4.79 Å². The first kappa shape index (κ1) is 23.3. The van der Waals surface area contributed by atoms with Gasteiger partial charge in [0.25, 0.3) is 5.22 Å². The average molecular weight is 456 g/mol. The number of ether oxygens (including phenoxy) is 2. The minimum absolute atomic E-state index is 0.0751. The van der Waals surface area contributed by atoms with Gasteiger partial charge in [-0.15, -0.1) is 10.2 Å². The van der Waals surface area contributed by atoms with Crippen molar-refractivity contribution in [2.24, 2.45) is 5.92 Å². The normalized spacial score (nSPS) is 11.8. The summed E-state index contributed by atoms with van der Waals surface area (Å²) in [6.45, 7) is 5.42. The van der Waals surface area contributed by atoms with Crippen LogP contribution < -0.4 is 14.8 Å². The highest BCUT2D eigenvalue weighted by Crippen LogP contribution is 2.32. The summed E-state index contributed by atoms with van der Waals surface area (Å²) in [6.07, 6.45) is 0. The molecule has 32 heavy (non-hydrogen) atoms. The first-order valence-electron chi connectivity index (χ1n) is 9.99. The Morgan fingerprint density at radius 2 is 1.59 bits per heavy atom. The van der Waals surface area contributed by atoms with Crippen LogP contribution in [-0.4, -0.2) is 41.4 Å². The smallest absolute Gasteiger partial charge is 0.277 e. The quantitative estimate of drug-likeness (QED) is 0.365. The summed E-state index contributed by atoms with van der Waals surface area (Å²) in [5.74, 6) is 1.22. The maximum atomic E-state index is 12.8. The fourth-order valence-electron chi connectivity index (χ4n) is 2.75. The van der Waals surface area contributed by atoms with Gasteiger partial charge in [-0.25, -0.2) is 0 Å². The number of ketones is 1. The van der Waals surface area contributed by atoms with Gasteiger partial charge in [0.1, 0.15) is 11.5 Å². The zero-order valence-corrected chi connectivity index (χ0v) is 19.4. The highest BCUT2D eigenvalue weighted by atomic mass is 32.2. The highest BCUT2D eigenvalue weighted by Gasteiger charge is 2.21. The predicted molar refractivity (Wildman–Crippen MR) is 122 cm³/mol. The van der Waals surface area contributed by atoms with E-state index in [1.807, 2.05) is 13.8 Å². The summed E-state index contributed by atoms with van der Waals surface area (Å²) >= 11 is 1.18. The Morgan fingerprint density at radius 3 is 2.16 bits per heavy atom. The molecular weight excluding hydrogens is 430 g/mol. The molecule has 1 unspecified atom stereocenters. The molecule has 0 aliphatic heterocycles. The van der Waals surface area contributed by atoms with Crippen molar-refractivity contribution in [3.63, 3.8) is 0 Å². The monoisotopic (exact) mass is 455 g/mol. The number of Topliss-reactive ketones (excluding diaryl/α,β-unsaturated/α-hetero) is 1. The number of rotatable bonds is 9. The molecule has 1 aromatic heterocycles. The predicted octanol–water partition coefficient (Wildman–Crippen LogP) is 4.71.